The molecule has 0 aromatic heterocycles. The number of halogens is 1. The first kappa shape index (κ1) is 32.3. The molecular weight excluding hydrogens is 602 g/mol. The second-order valence-electron chi connectivity index (χ2n) is 11.0. The van der Waals surface area contributed by atoms with Crippen molar-refractivity contribution in [2.24, 2.45) is 5.92 Å². The van der Waals surface area contributed by atoms with Gasteiger partial charge in [-0.15, -0.1) is 0 Å². The quantitative estimate of drug-likeness (QED) is 0.253. The number of anilines is 1. The lowest BCUT2D eigenvalue weighted by atomic mass is 10.0. The van der Waals surface area contributed by atoms with E-state index in [4.69, 9.17) is 0 Å². The summed E-state index contributed by atoms with van der Waals surface area (Å²) in [6.07, 6.45) is 0. The zero-order valence-corrected chi connectivity index (χ0v) is 27.0. The summed E-state index contributed by atoms with van der Waals surface area (Å²) in [5, 5.41) is 2.90. The molecule has 0 aliphatic carbocycles. The molecule has 0 aliphatic rings. The number of carbonyl (C=O) groups is 2. The molecule has 0 saturated carbocycles. The van der Waals surface area contributed by atoms with Gasteiger partial charge < -0.3 is 10.2 Å². The molecule has 2 amide bonds. The lowest BCUT2D eigenvalue weighted by Crippen LogP contribution is -2.51. The number of hydrogen-bond acceptors (Lipinski definition) is 4. The first-order valence-corrected chi connectivity index (χ1v) is 16.0. The van der Waals surface area contributed by atoms with E-state index in [1.165, 1.54) is 4.90 Å². The van der Waals surface area contributed by atoms with Crippen molar-refractivity contribution < 1.29 is 18.0 Å². The van der Waals surface area contributed by atoms with Crippen LogP contribution in [0.15, 0.2) is 82.2 Å². The van der Waals surface area contributed by atoms with E-state index < -0.39 is 28.5 Å². The van der Waals surface area contributed by atoms with Gasteiger partial charge in [0.05, 0.1) is 10.6 Å². The van der Waals surface area contributed by atoms with Crippen LogP contribution >= 0.6 is 15.9 Å². The van der Waals surface area contributed by atoms with E-state index >= 15 is 0 Å². The van der Waals surface area contributed by atoms with Crippen LogP contribution in [0.5, 0.6) is 0 Å². The molecule has 0 fully saturated rings. The van der Waals surface area contributed by atoms with Crippen molar-refractivity contribution in [2.45, 2.75) is 64.9 Å². The van der Waals surface area contributed by atoms with E-state index in [0.29, 0.717) is 12.2 Å². The first-order chi connectivity index (χ1) is 19.3. The molecule has 3 rings (SSSR count). The zero-order chi connectivity index (χ0) is 30.3. The summed E-state index contributed by atoms with van der Waals surface area (Å²) in [4.78, 5) is 28.7. The van der Waals surface area contributed by atoms with E-state index in [9.17, 15) is 18.0 Å². The molecule has 41 heavy (non-hydrogen) atoms. The predicted molar refractivity (Wildman–Crippen MR) is 168 cm³/mol. The molecule has 220 valence electrons. The van der Waals surface area contributed by atoms with Crippen LogP contribution < -0.4 is 9.62 Å². The van der Waals surface area contributed by atoms with Crippen molar-refractivity contribution in [1.29, 1.82) is 0 Å². The summed E-state index contributed by atoms with van der Waals surface area (Å²) in [5.74, 6) is -0.271. The van der Waals surface area contributed by atoms with E-state index in [1.807, 2.05) is 57.2 Å². The van der Waals surface area contributed by atoms with Gasteiger partial charge in [0.2, 0.25) is 11.8 Å². The Hall–Kier alpha value is -3.17. The molecule has 0 heterocycles. The molecule has 3 aromatic rings. The van der Waals surface area contributed by atoms with E-state index in [-0.39, 0.29) is 29.2 Å². The highest BCUT2D eigenvalue weighted by Gasteiger charge is 2.32. The summed E-state index contributed by atoms with van der Waals surface area (Å²) in [5.41, 5.74) is 3.18. The summed E-state index contributed by atoms with van der Waals surface area (Å²) in [6, 6.07) is 20.4. The topological polar surface area (TPSA) is 86.8 Å². The fraction of sp³-hybridized carbons (Fsp3) is 0.375. The maximum absolute atomic E-state index is 14.0. The van der Waals surface area contributed by atoms with Gasteiger partial charge in [-0.25, -0.2) is 8.42 Å². The van der Waals surface area contributed by atoms with Crippen LogP contribution in [0.3, 0.4) is 0 Å². The number of nitrogens with one attached hydrogen (secondary N) is 1. The second kappa shape index (κ2) is 14.1. The van der Waals surface area contributed by atoms with Gasteiger partial charge in [0.25, 0.3) is 10.0 Å². The van der Waals surface area contributed by atoms with Crippen molar-refractivity contribution in [3.8, 4) is 0 Å². The van der Waals surface area contributed by atoms with Crippen LogP contribution in [0.25, 0.3) is 0 Å². The SMILES string of the molecule is Cc1ccc(S(=O)(=O)N(CC(=O)N(Cc2ccc(Br)cc2)[C@@H](C)C(=O)NCC(C)C)c2ccc(C(C)C)cc2)cc1. The Morgan fingerprint density at radius 3 is 1.98 bits per heavy atom. The number of sulfonamides is 1. The Kier molecular flexibility index (Phi) is 11.2. The van der Waals surface area contributed by atoms with Gasteiger partial charge in [0, 0.05) is 17.6 Å². The number of amides is 2. The Balaban J connectivity index is 2.02. The number of rotatable bonds is 12. The van der Waals surface area contributed by atoms with Gasteiger partial charge in [-0.1, -0.05) is 85.6 Å². The lowest BCUT2D eigenvalue weighted by molar-refractivity contribution is -0.139. The van der Waals surface area contributed by atoms with Gasteiger partial charge in [-0.2, -0.15) is 0 Å². The normalized spacial score (nSPS) is 12.3. The largest absolute Gasteiger partial charge is 0.354 e. The summed E-state index contributed by atoms with van der Waals surface area (Å²) >= 11 is 3.43. The maximum atomic E-state index is 14.0. The number of hydrogen-bond donors (Lipinski definition) is 1. The summed E-state index contributed by atoms with van der Waals surface area (Å²) < 4.78 is 30.0. The van der Waals surface area contributed by atoms with Crippen LogP contribution in [0.1, 0.15) is 57.2 Å². The Morgan fingerprint density at radius 2 is 1.44 bits per heavy atom. The van der Waals surface area contributed by atoms with Crippen LogP contribution in [-0.4, -0.2) is 44.3 Å². The molecule has 0 radical (unpaired) electrons. The molecule has 0 saturated heterocycles. The number of nitrogens with zero attached hydrogens (tertiary/aromatic N) is 2. The van der Waals surface area contributed by atoms with Gasteiger partial charge in [0.15, 0.2) is 0 Å². The summed E-state index contributed by atoms with van der Waals surface area (Å²) in [6.45, 7) is 11.8. The molecule has 7 nitrogen and oxygen atoms in total. The molecule has 0 unspecified atom stereocenters. The minimum atomic E-state index is -4.10. The molecule has 1 atom stereocenters. The highest BCUT2D eigenvalue weighted by atomic mass is 79.9. The smallest absolute Gasteiger partial charge is 0.264 e. The average molecular weight is 643 g/mol. The van der Waals surface area contributed by atoms with E-state index in [1.54, 1.807) is 43.3 Å². The van der Waals surface area contributed by atoms with Gasteiger partial charge in [-0.3, -0.25) is 13.9 Å². The van der Waals surface area contributed by atoms with Crippen LogP contribution in [0.2, 0.25) is 0 Å². The van der Waals surface area contributed by atoms with E-state index in [0.717, 1.165) is 25.5 Å². The molecule has 0 bridgehead atoms. The highest BCUT2D eigenvalue weighted by molar-refractivity contribution is 9.10. The van der Waals surface area contributed by atoms with Gasteiger partial charge in [0.1, 0.15) is 12.6 Å². The Bertz CT molecular complexity index is 1420. The van der Waals surface area contributed by atoms with Crippen molar-refractivity contribution in [1.82, 2.24) is 10.2 Å². The van der Waals surface area contributed by atoms with Crippen molar-refractivity contribution in [2.75, 3.05) is 17.4 Å². The average Bonchev–Trinajstić information content (AvgIpc) is 2.94. The number of carbonyl (C=O) groups excluding carboxylic acids is 2. The second-order valence-corrected chi connectivity index (χ2v) is 13.8. The highest BCUT2D eigenvalue weighted by Crippen LogP contribution is 2.27. The van der Waals surface area contributed by atoms with Gasteiger partial charge in [-0.05, 0) is 73.2 Å². The third-order valence-corrected chi connectivity index (χ3v) is 9.17. The number of benzene rings is 3. The third-order valence-electron chi connectivity index (χ3n) is 6.85. The minimum Gasteiger partial charge on any atom is -0.354 e. The zero-order valence-electron chi connectivity index (χ0n) is 24.6. The van der Waals surface area contributed by atoms with Crippen LogP contribution in [0, 0.1) is 12.8 Å². The molecular formula is C32H40BrN3O4S. The van der Waals surface area contributed by atoms with Crippen molar-refractivity contribution in [3.63, 3.8) is 0 Å². The molecule has 3 aromatic carbocycles. The Morgan fingerprint density at radius 1 is 0.854 bits per heavy atom. The molecule has 1 N–H and O–H groups in total. The molecule has 9 heteroatoms. The fourth-order valence-electron chi connectivity index (χ4n) is 4.21. The first-order valence-electron chi connectivity index (χ1n) is 13.8. The standard InChI is InChI=1S/C32H40BrN3O4S/c1-22(2)19-34-32(38)25(6)35(20-26-9-13-28(33)14-10-26)31(37)21-36(29-15-11-27(12-16-29)23(3)4)41(39,40)30-17-7-24(5)8-18-30/h7-18,22-23,25H,19-21H2,1-6H3,(H,34,38)/t25-/m0/s1. The van der Waals surface area contributed by atoms with Crippen molar-refractivity contribution in [3.05, 3.63) is 94.0 Å². The fourth-order valence-corrected chi connectivity index (χ4v) is 5.89. The van der Waals surface area contributed by atoms with Crippen LogP contribution in [-0.2, 0) is 26.2 Å². The number of aryl methyl sites for hydroxylation is 1. The maximum Gasteiger partial charge on any atom is 0.264 e. The van der Waals surface area contributed by atoms with Crippen LogP contribution in [0.4, 0.5) is 5.69 Å². The third kappa shape index (κ3) is 8.66. The summed E-state index contributed by atoms with van der Waals surface area (Å²) in [7, 11) is -4.10. The lowest BCUT2D eigenvalue weighted by Gasteiger charge is -2.32. The molecule has 0 aliphatic heterocycles. The molecule has 0 spiro atoms. The monoisotopic (exact) mass is 641 g/mol. The van der Waals surface area contributed by atoms with E-state index in [2.05, 4.69) is 35.1 Å². The van der Waals surface area contributed by atoms with Gasteiger partial charge >= 0.3 is 0 Å². The van der Waals surface area contributed by atoms with Crippen molar-refractivity contribution >= 4 is 43.5 Å². The predicted octanol–water partition coefficient (Wildman–Crippen LogP) is 6.27. The minimum absolute atomic E-state index is 0.0889. The Labute approximate surface area is 253 Å².